The largest absolute Gasteiger partial charge is 0.353 e. The molecule has 0 bridgehead atoms. The van der Waals surface area contributed by atoms with Gasteiger partial charge in [-0.25, -0.2) is 0 Å². The Labute approximate surface area is 97.9 Å². The number of carbonyl (C=O) groups excluding carboxylic acids is 1. The van der Waals surface area contributed by atoms with Crippen molar-refractivity contribution >= 4 is 22.4 Å². The van der Waals surface area contributed by atoms with E-state index in [2.05, 4.69) is 20.4 Å². The maximum absolute atomic E-state index is 11.7. The van der Waals surface area contributed by atoms with E-state index in [4.69, 9.17) is 0 Å². The molecule has 0 unspecified atom stereocenters. The van der Waals surface area contributed by atoms with Crippen molar-refractivity contribution in [2.24, 2.45) is 5.92 Å². The van der Waals surface area contributed by atoms with Gasteiger partial charge in [-0.3, -0.25) is 4.79 Å². The summed E-state index contributed by atoms with van der Waals surface area (Å²) < 4.78 is 0. The van der Waals surface area contributed by atoms with E-state index in [0.717, 1.165) is 36.1 Å². The summed E-state index contributed by atoms with van der Waals surface area (Å²) in [6.07, 6.45) is 2.30. The van der Waals surface area contributed by atoms with E-state index in [0.29, 0.717) is 6.04 Å². The number of nitrogens with zero attached hydrogens (tertiary/aromatic N) is 3. The minimum absolute atomic E-state index is 0.143. The van der Waals surface area contributed by atoms with Gasteiger partial charge in [0, 0.05) is 19.1 Å². The molecule has 86 valence electrons. The molecule has 0 aromatic carbocycles. The molecule has 1 saturated heterocycles. The van der Waals surface area contributed by atoms with Gasteiger partial charge in [-0.05, 0) is 19.8 Å². The second kappa shape index (κ2) is 3.69. The molecule has 1 aromatic rings. The van der Waals surface area contributed by atoms with Gasteiger partial charge in [0.1, 0.15) is 5.01 Å². The monoisotopic (exact) mass is 238 g/mol. The van der Waals surface area contributed by atoms with Crippen molar-refractivity contribution in [1.82, 2.24) is 15.5 Å². The summed E-state index contributed by atoms with van der Waals surface area (Å²) in [5.41, 5.74) is 0. The predicted molar refractivity (Wildman–Crippen MR) is 61.5 cm³/mol. The molecule has 1 N–H and O–H groups in total. The molecule has 2 aliphatic rings. The second-order valence-electron chi connectivity index (χ2n) is 4.49. The summed E-state index contributed by atoms with van der Waals surface area (Å²) in [4.78, 5) is 13.8. The number of carbonyl (C=O) groups is 1. The fraction of sp³-hybridized carbons (Fsp3) is 0.700. The first kappa shape index (κ1) is 10.0. The average Bonchev–Trinajstić information content (AvgIpc) is 2.86. The summed E-state index contributed by atoms with van der Waals surface area (Å²) in [6.45, 7) is 3.51. The second-order valence-corrected chi connectivity index (χ2v) is 5.65. The van der Waals surface area contributed by atoms with E-state index in [1.54, 1.807) is 11.3 Å². The van der Waals surface area contributed by atoms with Crippen LogP contribution in [0.25, 0.3) is 0 Å². The Morgan fingerprint density at radius 2 is 2.19 bits per heavy atom. The van der Waals surface area contributed by atoms with Gasteiger partial charge in [-0.1, -0.05) is 11.3 Å². The number of hydrogen-bond acceptors (Lipinski definition) is 5. The Bertz CT molecular complexity index is 409. The molecule has 0 atom stereocenters. The van der Waals surface area contributed by atoms with Gasteiger partial charge in [0.05, 0.1) is 5.92 Å². The minimum Gasteiger partial charge on any atom is -0.353 e. The van der Waals surface area contributed by atoms with Crippen LogP contribution in [0, 0.1) is 12.8 Å². The number of aryl methyl sites for hydroxylation is 1. The Hall–Kier alpha value is -1.17. The van der Waals surface area contributed by atoms with Gasteiger partial charge in [-0.15, -0.1) is 10.2 Å². The fourth-order valence-electron chi connectivity index (χ4n) is 1.76. The first-order valence-electron chi connectivity index (χ1n) is 5.58. The lowest BCUT2D eigenvalue weighted by Crippen LogP contribution is -2.54. The zero-order valence-electron chi connectivity index (χ0n) is 9.14. The normalized spacial score (nSPS) is 20.7. The average molecular weight is 238 g/mol. The van der Waals surface area contributed by atoms with Gasteiger partial charge in [0.2, 0.25) is 11.0 Å². The van der Waals surface area contributed by atoms with Crippen molar-refractivity contribution in [2.75, 3.05) is 18.0 Å². The summed E-state index contributed by atoms with van der Waals surface area (Å²) in [7, 11) is 0. The molecule has 2 fully saturated rings. The molecule has 16 heavy (non-hydrogen) atoms. The minimum atomic E-state index is 0.143. The van der Waals surface area contributed by atoms with Crippen LogP contribution in [0.1, 0.15) is 17.8 Å². The SMILES string of the molecule is Cc1nnc(N2CC(C(=O)NC3CC3)C2)s1. The molecule has 1 amide bonds. The summed E-state index contributed by atoms with van der Waals surface area (Å²) in [5.74, 6) is 0.352. The molecule has 0 radical (unpaired) electrons. The fourth-order valence-corrected chi connectivity index (χ4v) is 2.47. The number of amides is 1. The zero-order valence-corrected chi connectivity index (χ0v) is 9.96. The van der Waals surface area contributed by atoms with Crippen LogP contribution in [0.15, 0.2) is 0 Å². The van der Waals surface area contributed by atoms with Crippen molar-refractivity contribution in [3.63, 3.8) is 0 Å². The predicted octanol–water partition coefficient (Wildman–Crippen LogP) is 0.561. The lowest BCUT2D eigenvalue weighted by molar-refractivity contribution is -0.125. The van der Waals surface area contributed by atoms with Crippen molar-refractivity contribution in [3.05, 3.63) is 5.01 Å². The Morgan fingerprint density at radius 1 is 1.44 bits per heavy atom. The topological polar surface area (TPSA) is 58.1 Å². The molecule has 0 spiro atoms. The maximum Gasteiger partial charge on any atom is 0.226 e. The van der Waals surface area contributed by atoms with E-state index in [9.17, 15) is 4.79 Å². The molecular formula is C10H14N4OS. The van der Waals surface area contributed by atoms with Gasteiger partial charge < -0.3 is 10.2 Å². The molecule has 2 heterocycles. The van der Waals surface area contributed by atoms with Gasteiger partial charge in [0.25, 0.3) is 0 Å². The first-order valence-corrected chi connectivity index (χ1v) is 6.39. The van der Waals surface area contributed by atoms with Crippen LogP contribution in [0.4, 0.5) is 5.13 Å². The third-order valence-electron chi connectivity index (χ3n) is 2.96. The highest BCUT2D eigenvalue weighted by atomic mass is 32.1. The lowest BCUT2D eigenvalue weighted by atomic mass is 10.0. The van der Waals surface area contributed by atoms with Crippen LogP contribution < -0.4 is 10.2 Å². The molecule has 1 aromatic heterocycles. The summed E-state index contributed by atoms with van der Waals surface area (Å²) >= 11 is 1.58. The molecule has 6 heteroatoms. The third kappa shape index (κ3) is 1.89. The van der Waals surface area contributed by atoms with E-state index in [1.165, 1.54) is 0 Å². The van der Waals surface area contributed by atoms with Crippen LogP contribution in [-0.4, -0.2) is 35.2 Å². The van der Waals surface area contributed by atoms with Crippen molar-refractivity contribution < 1.29 is 4.79 Å². The molecule has 1 saturated carbocycles. The Balaban J connectivity index is 1.52. The highest BCUT2D eigenvalue weighted by molar-refractivity contribution is 7.15. The van der Waals surface area contributed by atoms with Crippen LogP contribution in [0.3, 0.4) is 0 Å². The maximum atomic E-state index is 11.7. The van der Waals surface area contributed by atoms with E-state index >= 15 is 0 Å². The lowest BCUT2D eigenvalue weighted by Gasteiger charge is -2.37. The van der Waals surface area contributed by atoms with Crippen molar-refractivity contribution in [3.8, 4) is 0 Å². The van der Waals surface area contributed by atoms with Crippen molar-refractivity contribution in [2.45, 2.75) is 25.8 Å². The molecule has 1 aliphatic carbocycles. The van der Waals surface area contributed by atoms with Crippen LogP contribution in [-0.2, 0) is 4.79 Å². The van der Waals surface area contributed by atoms with Crippen LogP contribution >= 0.6 is 11.3 Å². The number of aromatic nitrogens is 2. The summed E-state index contributed by atoms with van der Waals surface area (Å²) in [6, 6.07) is 0.463. The highest BCUT2D eigenvalue weighted by Gasteiger charge is 2.36. The standard InChI is InChI=1S/C10H14N4OS/c1-6-12-13-10(16-6)14-4-7(5-14)9(15)11-8-2-3-8/h7-8H,2-5H2,1H3,(H,11,15). The molecular weight excluding hydrogens is 224 g/mol. The van der Waals surface area contributed by atoms with Gasteiger partial charge >= 0.3 is 0 Å². The number of anilines is 1. The van der Waals surface area contributed by atoms with Crippen LogP contribution in [0.5, 0.6) is 0 Å². The van der Waals surface area contributed by atoms with Gasteiger partial charge in [0.15, 0.2) is 0 Å². The van der Waals surface area contributed by atoms with Crippen molar-refractivity contribution in [1.29, 1.82) is 0 Å². The zero-order chi connectivity index (χ0) is 11.1. The number of rotatable bonds is 3. The molecule has 1 aliphatic heterocycles. The number of nitrogens with one attached hydrogen (secondary N) is 1. The molecule has 5 nitrogen and oxygen atoms in total. The van der Waals surface area contributed by atoms with E-state index < -0.39 is 0 Å². The van der Waals surface area contributed by atoms with Gasteiger partial charge in [-0.2, -0.15) is 0 Å². The third-order valence-corrected chi connectivity index (χ3v) is 3.86. The Kier molecular flexibility index (Phi) is 2.31. The highest BCUT2D eigenvalue weighted by Crippen LogP contribution is 2.28. The Morgan fingerprint density at radius 3 is 2.75 bits per heavy atom. The van der Waals surface area contributed by atoms with Crippen LogP contribution in [0.2, 0.25) is 0 Å². The smallest absolute Gasteiger partial charge is 0.226 e. The summed E-state index contributed by atoms with van der Waals surface area (Å²) in [5, 5.41) is 13.0. The quantitative estimate of drug-likeness (QED) is 0.836. The van der Waals surface area contributed by atoms with E-state index in [-0.39, 0.29) is 11.8 Å². The van der Waals surface area contributed by atoms with E-state index in [1.807, 2.05) is 6.92 Å². The number of hydrogen-bond donors (Lipinski definition) is 1. The molecule has 3 rings (SSSR count). The first-order chi connectivity index (χ1) is 7.72.